The Bertz CT molecular complexity index is 485. The minimum Gasteiger partial charge on any atom is -0.282 e. The van der Waals surface area contributed by atoms with Gasteiger partial charge in [-0.15, -0.1) is 0 Å². The highest BCUT2D eigenvalue weighted by Gasteiger charge is 2.36. The monoisotopic (exact) mass is 309 g/mol. The fourth-order valence-corrected chi connectivity index (χ4v) is 3.27. The summed E-state index contributed by atoms with van der Waals surface area (Å²) in [5.74, 6) is 0. The molecule has 1 aliphatic rings. The lowest BCUT2D eigenvalue weighted by atomic mass is 10.3. The molecule has 0 radical (unpaired) electrons. The van der Waals surface area contributed by atoms with Crippen molar-refractivity contribution in [3.63, 3.8) is 0 Å². The Morgan fingerprint density at radius 1 is 1.40 bits per heavy atom. The van der Waals surface area contributed by atoms with E-state index in [2.05, 4.69) is 20.7 Å². The van der Waals surface area contributed by atoms with Crippen LogP contribution in [0.15, 0.2) is 22.7 Å². The van der Waals surface area contributed by atoms with Gasteiger partial charge in [-0.25, -0.2) is 8.42 Å². The molecule has 1 aromatic carbocycles. The molecule has 0 atom stereocenters. The van der Waals surface area contributed by atoms with Crippen molar-refractivity contribution < 1.29 is 8.42 Å². The van der Waals surface area contributed by atoms with Crippen LogP contribution in [0.1, 0.15) is 12.8 Å². The minimum absolute atomic E-state index is 0.233. The highest BCUT2D eigenvalue weighted by Crippen LogP contribution is 2.34. The van der Waals surface area contributed by atoms with Gasteiger partial charge in [-0.3, -0.25) is 4.72 Å². The molecule has 3 nitrogen and oxygen atoms in total. The summed E-state index contributed by atoms with van der Waals surface area (Å²) in [5.41, 5.74) is 0.495. The Balaban J connectivity index is 2.28. The van der Waals surface area contributed by atoms with Gasteiger partial charge in [0.25, 0.3) is 0 Å². The second-order valence-corrected chi connectivity index (χ2v) is 6.61. The van der Waals surface area contributed by atoms with E-state index in [-0.39, 0.29) is 5.25 Å². The molecule has 0 heterocycles. The predicted octanol–water partition coefficient (Wildman–Crippen LogP) is 3.01. The maximum atomic E-state index is 11.7. The minimum atomic E-state index is -3.22. The third kappa shape index (κ3) is 2.46. The van der Waals surface area contributed by atoms with Crippen molar-refractivity contribution in [1.29, 1.82) is 0 Å². The fraction of sp³-hybridized carbons (Fsp3) is 0.333. The Morgan fingerprint density at radius 2 is 2.07 bits per heavy atom. The summed E-state index contributed by atoms with van der Waals surface area (Å²) in [6.07, 6.45) is 1.49. The SMILES string of the molecule is O=S(=O)(Nc1cccc(Cl)c1Br)C1CC1. The topological polar surface area (TPSA) is 46.2 Å². The molecule has 0 unspecified atom stereocenters. The second-order valence-electron chi connectivity index (χ2n) is 3.45. The van der Waals surface area contributed by atoms with Crippen LogP contribution < -0.4 is 4.72 Å². The van der Waals surface area contributed by atoms with Crippen LogP contribution >= 0.6 is 27.5 Å². The molecule has 0 saturated heterocycles. The van der Waals surface area contributed by atoms with Gasteiger partial charge >= 0.3 is 0 Å². The standard InChI is InChI=1S/C9H9BrClNO2S/c10-9-7(11)2-1-3-8(9)12-15(13,14)6-4-5-6/h1-3,6,12H,4-5H2. The molecule has 2 rings (SSSR count). The van der Waals surface area contributed by atoms with Crippen molar-refractivity contribution in [3.8, 4) is 0 Å². The molecule has 0 spiro atoms. The lowest BCUT2D eigenvalue weighted by Gasteiger charge is -2.09. The Hall–Kier alpha value is -0.260. The molecule has 0 aromatic heterocycles. The number of anilines is 1. The lowest BCUT2D eigenvalue weighted by molar-refractivity contribution is 0.600. The molecule has 1 saturated carbocycles. The summed E-state index contributed by atoms with van der Waals surface area (Å²) in [4.78, 5) is 0. The predicted molar refractivity (Wildman–Crippen MR) is 64.7 cm³/mol. The third-order valence-corrected chi connectivity index (χ3v) is 5.42. The van der Waals surface area contributed by atoms with Crippen molar-refractivity contribution in [1.82, 2.24) is 0 Å². The van der Waals surface area contributed by atoms with Gasteiger partial charge in [-0.1, -0.05) is 17.7 Å². The Labute approximate surface area is 102 Å². The first-order valence-corrected chi connectivity index (χ1v) is 7.18. The van der Waals surface area contributed by atoms with E-state index in [1.165, 1.54) is 0 Å². The fourth-order valence-electron chi connectivity index (χ4n) is 1.20. The van der Waals surface area contributed by atoms with Gasteiger partial charge in [-0.05, 0) is 40.9 Å². The maximum Gasteiger partial charge on any atom is 0.235 e. The summed E-state index contributed by atoms with van der Waals surface area (Å²) in [5, 5.41) is 0.259. The van der Waals surface area contributed by atoms with Gasteiger partial charge in [-0.2, -0.15) is 0 Å². The molecule has 0 bridgehead atoms. The number of rotatable bonds is 3. The van der Waals surface area contributed by atoms with Crippen molar-refractivity contribution in [2.45, 2.75) is 18.1 Å². The largest absolute Gasteiger partial charge is 0.282 e. The van der Waals surface area contributed by atoms with Gasteiger partial charge in [0, 0.05) is 0 Å². The summed E-state index contributed by atoms with van der Waals surface area (Å²) >= 11 is 9.10. The number of sulfonamides is 1. The number of halogens is 2. The van der Waals surface area contributed by atoms with E-state index >= 15 is 0 Å². The zero-order valence-corrected chi connectivity index (χ0v) is 10.9. The molecule has 0 amide bonds. The lowest BCUT2D eigenvalue weighted by Crippen LogP contribution is -2.17. The molecule has 0 aliphatic heterocycles. The summed E-state index contributed by atoms with van der Waals surface area (Å²) in [7, 11) is -3.22. The van der Waals surface area contributed by atoms with E-state index in [1.54, 1.807) is 18.2 Å². The van der Waals surface area contributed by atoms with Crippen LogP contribution in [0, 0.1) is 0 Å². The van der Waals surface area contributed by atoms with Gasteiger partial charge < -0.3 is 0 Å². The number of hydrogen-bond donors (Lipinski definition) is 1. The van der Waals surface area contributed by atoms with Crippen LogP contribution in [0.4, 0.5) is 5.69 Å². The average Bonchev–Trinajstić information content (AvgIpc) is 2.95. The smallest absolute Gasteiger partial charge is 0.235 e. The molecular weight excluding hydrogens is 302 g/mol. The Kier molecular flexibility index (Phi) is 2.96. The van der Waals surface area contributed by atoms with Crippen LogP contribution in [-0.2, 0) is 10.0 Å². The average molecular weight is 311 g/mol. The van der Waals surface area contributed by atoms with E-state index in [0.29, 0.717) is 15.2 Å². The number of nitrogens with one attached hydrogen (secondary N) is 1. The summed E-state index contributed by atoms with van der Waals surface area (Å²) < 4.78 is 26.4. The molecule has 6 heteroatoms. The van der Waals surface area contributed by atoms with Gasteiger partial charge in [0.05, 0.1) is 20.4 Å². The van der Waals surface area contributed by atoms with Crippen LogP contribution in [0.25, 0.3) is 0 Å². The van der Waals surface area contributed by atoms with Crippen LogP contribution in [0.2, 0.25) is 5.02 Å². The maximum absolute atomic E-state index is 11.7. The van der Waals surface area contributed by atoms with Crippen molar-refractivity contribution >= 4 is 43.2 Å². The van der Waals surface area contributed by atoms with Crippen LogP contribution in [-0.4, -0.2) is 13.7 Å². The first-order valence-electron chi connectivity index (χ1n) is 4.46. The Morgan fingerprint density at radius 3 is 2.67 bits per heavy atom. The summed E-state index contributed by atoms with van der Waals surface area (Å²) in [6, 6.07) is 5.08. The molecule has 15 heavy (non-hydrogen) atoms. The van der Waals surface area contributed by atoms with E-state index in [4.69, 9.17) is 11.6 Å². The van der Waals surface area contributed by atoms with Crippen molar-refractivity contribution in [3.05, 3.63) is 27.7 Å². The van der Waals surface area contributed by atoms with Crippen molar-refractivity contribution in [2.24, 2.45) is 0 Å². The van der Waals surface area contributed by atoms with Crippen molar-refractivity contribution in [2.75, 3.05) is 4.72 Å². The zero-order valence-electron chi connectivity index (χ0n) is 7.70. The van der Waals surface area contributed by atoms with E-state index in [1.807, 2.05) is 0 Å². The highest BCUT2D eigenvalue weighted by atomic mass is 79.9. The van der Waals surface area contributed by atoms with Crippen LogP contribution in [0.5, 0.6) is 0 Å². The quantitative estimate of drug-likeness (QED) is 0.933. The van der Waals surface area contributed by atoms with E-state index in [0.717, 1.165) is 12.8 Å². The highest BCUT2D eigenvalue weighted by molar-refractivity contribution is 9.10. The first-order chi connectivity index (χ1) is 7.00. The second kappa shape index (κ2) is 3.96. The molecular formula is C9H9BrClNO2S. The molecule has 1 aromatic rings. The third-order valence-electron chi connectivity index (χ3n) is 2.17. The normalized spacial score (nSPS) is 16.4. The number of hydrogen-bond acceptors (Lipinski definition) is 2. The van der Waals surface area contributed by atoms with Gasteiger partial charge in [0.15, 0.2) is 0 Å². The first kappa shape index (κ1) is 11.2. The van der Waals surface area contributed by atoms with E-state index < -0.39 is 10.0 Å². The van der Waals surface area contributed by atoms with Crippen LogP contribution in [0.3, 0.4) is 0 Å². The van der Waals surface area contributed by atoms with Gasteiger partial charge in [0.1, 0.15) is 0 Å². The van der Waals surface area contributed by atoms with E-state index in [9.17, 15) is 8.42 Å². The molecule has 1 fully saturated rings. The number of benzene rings is 1. The molecule has 1 aliphatic carbocycles. The molecule has 1 N–H and O–H groups in total. The van der Waals surface area contributed by atoms with Gasteiger partial charge in [0.2, 0.25) is 10.0 Å². The molecule has 82 valence electrons. The summed E-state index contributed by atoms with van der Waals surface area (Å²) in [6.45, 7) is 0. The zero-order chi connectivity index (χ0) is 11.1.